The van der Waals surface area contributed by atoms with Crippen molar-refractivity contribution in [3.05, 3.63) is 33.8 Å². The van der Waals surface area contributed by atoms with Crippen LogP contribution in [0.4, 0.5) is 0 Å². The molecule has 4 heteroatoms. The van der Waals surface area contributed by atoms with Gasteiger partial charge in [-0.15, -0.1) is 0 Å². The second-order valence-electron chi connectivity index (χ2n) is 5.97. The SMILES string of the molecule is CCCN1CCCCC(CNC)C1c1ccc(Cl)c(Cl)c1. The van der Waals surface area contributed by atoms with Crippen LogP contribution in [0.3, 0.4) is 0 Å². The van der Waals surface area contributed by atoms with E-state index in [1.165, 1.54) is 37.8 Å². The molecule has 2 atom stereocenters. The van der Waals surface area contributed by atoms with Crippen LogP contribution in [0.5, 0.6) is 0 Å². The first-order valence-electron chi connectivity index (χ1n) is 8.01. The van der Waals surface area contributed by atoms with Gasteiger partial charge in [-0.3, -0.25) is 4.90 Å². The molecule has 0 aliphatic carbocycles. The van der Waals surface area contributed by atoms with Crippen molar-refractivity contribution >= 4 is 23.2 Å². The molecule has 0 saturated carbocycles. The van der Waals surface area contributed by atoms with Crippen LogP contribution in [0.2, 0.25) is 10.0 Å². The van der Waals surface area contributed by atoms with Gasteiger partial charge in [0.1, 0.15) is 0 Å². The molecule has 1 saturated heterocycles. The molecule has 0 amide bonds. The van der Waals surface area contributed by atoms with Gasteiger partial charge >= 0.3 is 0 Å². The zero-order valence-corrected chi connectivity index (χ0v) is 14.6. The Kier molecular flexibility index (Phi) is 6.81. The summed E-state index contributed by atoms with van der Waals surface area (Å²) in [6, 6.07) is 6.58. The molecule has 0 aromatic heterocycles. The Hall–Kier alpha value is -0.280. The lowest BCUT2D eigenvalue weighted by Gasteiger charge is -2.35. The monoisotopic (exact) mass is 328 g/mol. The van der Waals surface area contributed by atoms with Crippen LogP contribution in [0, 0.1) is 5.92 Å². The Morgan fingerprint density at radius 3 is 2.71 bits per heavy atom. The van der Waals surface area contributed by atoms with E-state index in [4.69, 9.17) is 23.2 Å². The number of nitrogens with one attached hydrogen (secondary N) is 1. The van der Waals surface area contributed by atoms with Gasteiger partial charge in [-0.25, -0.2) is 0 Å². The van der Waals surface area contributed by atoms with E-state index in [1.807, 2.05) is 13.1 Å². The highest BCUT2D eigenvalue weighted by Gasteiger charge is 2.30. The van der Waals surface area contributed by atoms with Gasteiger partial charge in [0.2, 0.25) is 0 Å². The Balaban J connectivity index is 2.34. The molecule has 21 heavy (non-hydrogen) atoms. The fourth-order valence-electron chi connectivity index (χ4n) is 3.51. The molecule has 0 spiro atoms. The highest BCUT2D eigenvalue weighted by atomic mass is 35.5. The number of hydrogen-bond acceptors (Lipinski definition) is 2. The first kappa shape index (κ1) is 17.1. The fourth-order valence-corrected chi connectivity index (χ4v) is 3.82. The van der Waals surface area contributed by atoms with E-state index >= 15 is 0 Å². The second-order valence-corrected chi connectivity index (χ2v) is 6.78. The predicted molar refractivity (Wildman–Crippen MR) is 92.3 cm³/mol. The maximum Gasteiger partial charge on any atom is 0.0595 e. The van der Waals surface area contributed by atoms with Crippen LogP contribution >= 0.6 is 23.2 Å². The van der Waals surface area contributed by atoms with Crippen LogP contribution in [-0.4, -0.2) is 31.6 Å². The van der Waals surface area contributed by atoms with Crippen molar-refractivity contribution in [1.82, 2.24) is 10.2 Å². The van der Waals surface area contributed by atoms with E-state index < -0.39 is 0 Å². The molecule has 118 valence electrons. The summed E-state index contributed by atoms with van der Waals surface area (Å²) in [7, 11) is 2.04. The van der Waals surface area contributed by atoms with Gasteiger partial charge in [0.05, 0.1) is 10.0 Å². The molecule has 2 rings (SSSR count). The van der Waals surface area contributed by atoms with Crippen LogP contribution in [0.25, 0.3) is 0 Å². The summed E-state index contributed by atoms with van der Waals surface area (Å²) in [5.74, 6) is 0.626. The number of rotatable bonds is 5. The van der Waals surface area contributed by atoms with Crippen molar-refractivity contribution in [2.75, 3.05) is 26.7 Å². The lowest BCUT2D eigenvalue weighted by molar-refractivity contribution is 0.154. The third kappa shape index (κ3) is 4.35. The number of likely N-dealkylation sites (tertiary alicyclic amines) is 1. The smallest absolute Gasteiger partial charge is 0.0595 e. The lowest BCUT2D eigenvalue weighted by Crippen LogP contribution is -2.36. The van der Waals surface area contributed by atoms with Gasteiger partial charge in [-0.05, 0) is 69.6 Å². The summed E-state index contributed by atoms with van der Waals surface area (Å²) in [4.78, 5) is 2.63. The zero-order chi connectivity index (χ0) is 15.2. The molecule has 1 fully saturated rings. The van der Waals surface area contributed by atoms with Crippen LogP contribution < -0.4 is 5.32 Å². The van der Waals surface area contributed by atoms with Gasteiger partial charge in [0, 0.05) is 6.04 Å². The minimum absolute atomic E-state index is 0.440. The number of nitrogens with zero attached hydrogens (tertiary/aromatic N) is 1. The standard InChI is InChI=1S/C17H26Cl2N2/c1-3-9-21-10-5-4-6-14(12-20-2)17(21)13-7-8-15(18)16(19)11-13/h7-8,11,14,17,20H,3-6,9-10,12H2,1-2H3. The van der Waals surface area contributed by atoms with E-state index in [0.717, 1.165) is 13.1 Å². The number of hydrogen-bond donors (Lipinski definition) is 1. The average Bonchev–Trinajstić information content (AvgIpc) is 2.66. The summed E-state index contributed by atoms with van der Waals surface area (Å²) < 4.78 is 0. The van der Waals surface area contributed by atoms with Gasteiger partial charge in [0.25, 0.3) is 0 Å². The molecule has 1 aromatic rings. The number of halogens is 2. The predicted octanol–water partition coefficient (Wildman–Crippen LogP) is 4.77. The Morgan fingerprint density at radius 2 is 2.05 bits per heavy atom. The zero-order valence-electron chi connectivity index (χ0n) is 13.0. The van der Waals surface area contributed by atoms with Crippen LogP contribution in [-0.2, 0) is 0 Å². The summed E-state index contributed by atoms with van der Waals surface area (Å²) in [5, 5.41) is 4.67. The minimum Gasteiger partial charge on any atom is -0.319 e. The molecule has 1 aromatic carbocycles. The molecule has 2 unspecified atom stereocenters. The maximum atomic E-state index is 6.26. The van der Waals surface area contributed by atoms with E-state index in [-0.39, 0.29) is 0 Å². The van der Waals surface area contributed by atoms with Gasteiger partial charge in [0.15, 0.2) is 0 Å². The molecular weight excluding hydrogens is 303 g/mol. The Morgan fingerprint density at radius 1 is 1.24 bits per heavy atom. The molecule has 1 aliphatic rings. The minimum atomic E-state index is 0.440. The van der Waals surface area contributed by atoms with Gasteiger partial charge in [-0.1, -0.05) is 42.6 Å². The molecule has 1 heterocycles. The van der Waals surface area contributed by atoms with Crippen LogP contribution in [0.1, 0.15) is 44.2 Å². The highest BCUT2D eigenvalue weighted by molar-refractivity contribution is 6.42. The Bertz CT molecular complexity index is 434. The maximum absolute atomic E-state index is 6.26. The highest BCUT2D eigenvalue weighted by Crippen LogP contribution is 2.37. The number of benzene rings is 1. The molecular formula is C17H26Cl2N2. The fraction of sp³-hybridized carbons (Fsp3) is 0.647. The van der Waals surface area contributed by atoms with E-state index in [0.29, 0.717) is 22.0 Å². The molecule has 1 N–H and O–H groups in total. The van der Waals surface area contributed by atoms with Crippen molar-refractivity contribution in [2.24, 2.45) is 5.92 Å². The van der Waals surface area contributed by atoms with Crippen LogP contribution in [0.15, 0.2) is 18.2 Å². The van der Waals surface area contributed by atoms with Gasteiger partial charge in [-0.2, -0.15) is 0 Å². The van der Waals surface area contributed by atoms with Gasteiger partial charge < -0.3 is 5.32 Å². The summed E-state index contributed by atoms with van der Waals surface area (Å²) >= 11 is 12.3. The summed E-state index contributed by atoms with van der Waals surface area (Å²) in [5.41, 5.74) is 1.31. The summed E-state index contributed by atoms with van der Waals surface area (Å²) in [6.07, 6.45) is 5.05. The van der Waals surface area contributed by atoms with E-state index in [2.05, 4.69) is 29.3 Å². The average molecular weight is 329 g/mol. The lowest BCUT2D eigenvalue weighted by atomic mass is 9.89. The van der Waals surface area contributed by atoms with Crippen molar-refractivity contribution < 1.29 is 0 Å². The Labute approximate surface area is 138 Å². The molecule has 2 nitrogen and oxygen atoms in total. The van der Waals surface area contributed by atoms with Crippen molar-refractivity contribution in [1.29, 1.82) is 0 Å². The third-order valence-corrected chi connectivity index (χ3v) is 5.11. The van der Waals surface area contributed by atoms with E-state index in [1.54, 1.807) is 0 Å². The molecule has 0 bridgehead atoms. The largest absolute Gasteiger partial charge is 0.319 e. The third-order valence-electron chi connectivity index (χ3n) is 4.37. The van der Waals surface area contributed by atoms with Crippen molar-refractivity contribution in [3.8, 4) is 0 Å². The topological polar surface area (TPSA) is 15.3 Å². The quantitative estimate of drug-likeness (QED) is 0.837. The second kappa shape index (κ2) is 8.38. The molecule has 1 aliphatic heterocycles. The van der Waals surface area contributed by atoms with Crippen molar-refractivity contribution in [3.63, 3.8) is 0 Å². The first-order chi connectivity index (χ1) is 10.2. The summed E-state index contributed by atoms with van der Waals surface area (Å²) in [6.45, 7) is 5.62. The van der Waals surface area contributed by atoms with Crippen molar-refractivity contribution in [2.45, 2.75) is 38.6 Å². The molecule has 0 radical (unpaired) electrons. The normalized spacial score (nSPS) is 24.0. The van der Waals surface area contributed by atoms with E-state index in [9.17, 15) is 0 Å². The first-order valence-corrected chi connectivity index (χ1v) is 8.76.